The zero-order chi connectivity index (χ0) is 11.1. The van der Waals surface area contributed by atoms with E-state index in [0.717, 1.165) is 24.8 Å². The van der Waals surface area contributed by atoms with Crippen molar-refractivity contribution in [2.45, 2.75) is 26.2 Å². The molecule has 0 atom stereocenters. The first kappa shape index (κ1) is 12.1. The van der Waals surface area contributed by atoms with Crippen LogP contribution in [-0.4, -0.2) is 11.8 Å². The Morgan fingerprint density at radius 3 is 2.80 bits per heavy atom. The Kier molecular flexibility index (Phi) is 5.19. The smallest absolute Gasteiger partial charge is 0.326 e. The van der Waals surface area contributed by atoms with E-state index in [2.05, 4.69) is 6.92 Å². The maximum atomic E-state index is 11.1. The van der Waals surface area contributed by atoms with Crippen LogP contribution in [0.1, 0.15) is 25.3 Å². The van der Waals surface area contributed by atoms with Gasteiger partial charge in [-0.15, -0.1) is 11.6 Å². The van der Waals surface area contributed by atoms with Gasteiger partial charge in [0.2, 0.25) is 0 Å². The molecule has 0 aliphatic carbocycles. The van der Waals surface area contributed by atoms with Crippen LogP contribution < -0.4 is 4.74 Å². The molecular weight excluding hydrogens is 212 g/mol. The molecule has 1 aromatic rings. The topological polar surface area (TPSA) is 26.3 Å². The average molecular weight is 227 g/mol. The number of carbonyl (C=O) groups is 1. The first-order chi connectivity index (χ1) is 7.27. The van der Waals surface area contributed by atoms with Gasteiger partial charge in [-0.25, -0.2) is 0 Å². The molecule has 0 radical (unpaired) electrons. The summed E-state index contributed by atoms with van der Waals surface area (Å²) >= 11 is 5.38. The van der Waals surface area contributed by atoms with E-state index in [1.807, 2.05) is 18.2 Å². The van der Waals surface area contributed by atoms with E-state index in [9.17, 15) is 4.79 Å². The molecule has 1 rings (SSSR count). The number of aryl methyl sites for hydroxylation is 1. The second kappa shape index (κ2) is 6.46. The highest BCUT2D eigenvalue weighted by atomic mass is 35.5. The molecule has 0 aliphatic rings. The molecule has 0 amide bonds. The minimum absolute atomic E-state index is 0.109. The van der Waals surface area contributed by atoms with E-state index in [-0.39, 0.29) is 5.88 Å². The molecule has 0 spiro atoms. The van der Waals surface area contributed by atoms with Gasteiger partial charge in [0.05, 0.1) is 0 Å². The summed E-state index contributed by atoms with van der Waals surface area (Å²) in [5, 5.41) is 0. The van der Waals surface area contributed by atoms with E-state index in [0.29, 0.717) is 5.75 Å². The maximum Gasteiger partial charge on any atom is 0.326 e. The standard InChI is InChI=1S/C12H15ClO2/c1-2-3-6-10-7-4-5-8-11(10)15-12(14)9-13/h4-5,7-8H,2-3,6,9H2,1H3. The summed E-state index contributed by atoms with van der Waals surface area (Å²) in [7, 11) is 0. The van der Waals surface area contributed by atoms with E-state index in [1.165, 1.54) is 0 Å². The van der Waals surface area contributed by atoms with Crippen LogP contribution in [-0.2, 0) is 11.2 Å². The number of hydrogen-bond acceptors (Lipinski definition) is 2. The van der Waals surface area contributed by atoms with Crippen LogP contribution >= 0.6 is 11.6 Å². The molecular formula is C12H15ClO2. The maximum absolute atomic E-state index is 11.1. The first-order valence-electron chi connectivity index (χ1n) is 5.12. The number of hydrogen-bond donors (Lipinski definition) is 0. The lowest BCUT2D eigenvalue weighted by Gasteiger charge is -2.08. The molecule has 0 aromatic heterocycles. The Morgan fingerprint density at radius 1 is 1.40 bits per heavy atom. The lowest BCUT2D eigenvalue weighted by Crippen LogP contribution is -2.10. The summed E-state index contributed by atoms with van der Waals surface area (Å²) in [5.74, 6) is 0.125. The number of rotatable bonds is 5. The summed E-state index contributed by atoms with van der Waals surface area (Å²) in [6.45, 7) is 2.13. The second-order valence-electron chi connectivity index (χ2n) is 3.32. The predicted octanol–water partition coefficient (Wildman–Crippen LogP) is 3.17. The number of carbonyl (C=O) groups excluding carboxylic acids is 1. The third kappa shape index (κ3) is 3.92. The Balaban J connectivity index is 2.72. The molecule has 1 aromatic carbocycles. The van der Waals surface area contributed by atoms with Crippen LogP contribution in [0.25, 0.3) is 0 Å². The van der Waals surface area contributed by atoms with Crippen LogP contribution in [0.5, 0.6) is 5.75 Å². The molecule has 82 valence electrons. The van der Waals surface area contributed by atoms with E-state index < -0.39 is 5.97 Å². The van der Waals surface area contributed by atoms with Gasteiger partial charge in [-0.3, -0.25) is 4.79 Å². The van der Waals surface area contributed by atoms with Gasteiger partial charge in [-0.2, -0.15) is 0 Å². The van der Waals surface area contributed by atoms with Crippen molar-refractivity contribution in [1.29, 1.82) is 0 Å². The van der Waals surface area contributed by atoms with Gasteiger partial charge in [0.15, 0.2) is 0 Å². The summed E-state index contributed by atoms with van der Waals surface area (Å²) in [6.07, 6.45) is 3.15. The van der Waals surface area contributed by atoms with Crippen molar-refractivity contribution in [3.8, 4) is 5.75 Å². The SMILES string of the molecule is CCCCc1ccccc1OC(=O)CCl. The highest BCUT2D eigenvalue weighted by molar-refractivity contribution is 6.26. The largest absolute Gasteiger partial charge is 0.425 e. The summed E-state index contributed by atoms with van der Waals surface area (Å²) in [4.78, 5) is 11.1. The molecule has 0 heterocycles. The fourth-order valence-electron chi connectivity index (χ4n) is 1.33. The number of alkyl halides is 1. The van der Waals surface area contributed by atoms with Crippen molar-refractivity contribution in [2.24, 2.45) is 0 Å². The number of para-hydroxylation sites is 1. The minimum Gasteiger partial charge on any atom is -0.425 e. The van der Waals surface area contributed by atoms with E-state index in [1.54, 1.807) is 6.07 Å². The molecule has 2 nitrogen and oxygen atoms in total. The molecule has 0 saturated carbocycles. The normalized spacial score (nSPS) is 10.0. The number of benzene rings is 1. The van der Waals surface area contributed by atoms with Gasteiger partial charge >= 0.3 is 5.97 Å². The van der Waals surface area contributed by atoms with Gasteiger partial charge in [0, 0.05) is 0 Å². The monoisotopic (exact) mass is 226 g/mol. The highest BCUT2D eigenvalue weighted by Gasteiger charge is 2.06. The van der Waals surface area contributed by atoms with E-state index in [4.69, 9.17) is 16.3 Å². The van der Waals surface area contributed by atoms with Crippen molar-refractivity contribution < 1.29 is 9.53 Å². The van der Waals surface area contributed by atoms with Crippen molar-refractivity contribution in [3.63, 3.8) is 0 Å². The van der Waals surface area contributed by atoms with Crippen LogP contribution in [0.15, 0.2) is 24.3 Å². The number of unbranched alkanes of at least 4 members (excludes halogenated alkanes) is 1. The number of esters is 1. The molecule has 0 N–H and O–H groups in total. The molecule has 0 bridgehead atoms. The van der Waals surface area contributed by atoms with Crippen LogP contribution in [0.2, 0.25) is 0 Å². The number of ether oxygens (including phenoxy) is 1. The van der Waals surface area contributed by atoms with Crippen molar-refractivity contribution in [2.75, 3.05) is 5.88 Å². The van der Waals surface area contributed by atoms with E-state index >= 15 is 0 Å². The van der Waals surface area contributed by atoms with Gasteiger partial charge in [0.1, 0.15) is 11.6 Å². The second-order valence-corrected chi connectivity index (χ2v) is 3.59. The van der Waals surface area contributed by atoms with Crippen molar-refractivity contribution >= 4 is 17.6 Å². The zero-order valence-corrected chi connectivity index (χ0v) is 9.59. The molecule has 15 heavy (non-hydrogen) atoms. The van der Waals surface area contributed by atoms with Gasteiger partial charge in [-0.1, -0.05) is 31.5 Å². The van der Waals surface area contributed by atoms with Gasteiger partial charge in [-0.05, 0) is 24.5 Å². The third-order valence-electron chi connectivity index (χ3n) is 2.11. The average Bonchev–Trinajstić information content (AvgIpc) is 2.28. The minimum atomic E-state index is -0.402. The number of halogens is 1. The molecule has 0 unspecified atom stereocenters. The van der Waals surface area contributed by atoms with Crippen molar-refractivity contribution in [1.82, 2.24) is 0 Å². The van der Waals surface area contributed by atoms with Gasteiger partial charge in [0.25, 0.3) is 0 Å². The summed E-state index contributed by atoms with van der Waals surface area (Å²) in [5.41, 5.74) is 1.07. The lowest BCUT2D eigenvalue weighted by atomic mass is 10.1. The zero-order valence-electron chi connectivity index (χ0n) is 8.83. The fourth-order valence-corrected chi connectivity index (χ4v) is 1.38. The first-order valence-corrected chi connectivity index (χ1v) is 5.66. The Labute approximate surface area is 95.2 Å². The Hall–Kier alpha value is -1.02. The van der Waals surface area contributed by atoms with Crippen molar-refractivity contribution in [3.05, 3.63) is 29.8 Å². The molecule has 0 aliphatic heterocycles. The predicted molar refractivity (Wildman–Crippen MR) is 61.4 cm³/mol. The highest BCUT2D eigenvalue weighted by Crippen LogP contribution is 2.20. The van der Waals surface area contributed by atoms with Gasteiger partial charge < -0.3 is 4.74 Å². The van der Waals surface area contributed by atoms with Crippen LogP contribution in [0.4, 0.5) is 0 Å². The summed E-state index contributed by atoms with van der Waals surface area (Å²) < 4.78 is 5.12. The Morgan fingerprint density at radius 2 is 2.13 bits per heavy atom. The fraction of sp³-hybridized carbons (Fsp3) is 0.417. The Bertz CT molecular complexity index is 323. The molecule has 3 heteroatoms. The quantitative estimate of drug-likeness (QED) is 0.438. The lowest BCUT2D eigenvalue weighted by molar-refractivity contribution is -0.131. The third-order valence-corrected chi connectivity index (χ3v) is 2.32. The molecule has 0 fully saturated rings. The van der Waals surface area contributed by atoms with Crippen LogP contribution in [0.3, 0.4) is 0 Å². The molecule has 0 saturated heterocycles. The summed E-state index contributed by atoms with van der Waals surface area (Å²) in [6, 6.07) is 7.58. The van der Waals surface area contributed by atoms with Crippen LogP contribution in [0, 0.1) is 0 Å².